The molecule has 0 saturated carbocycles. The average molecular weight is 363 g/mol. The smallest absolute Gasteiger partial charge is 0.244 e. The fourth-order valence-electron chi connectivity index (χ4n) is 1.95. The molecule has 0 aliphatic heterocycles. The molecule has 1 aromatic carbocycles. The van der Waals surface area contributed by atoms with E-state index in [4.69, 9.17) is 5.73 Å². The first-order valence-electron chi connectivity index (χ1n) is 6.69. The van der Waals surface area contributed by atoms with Gasteiger partial charge in [0, 0.05) is 23.2 Å². The van der Waals surface area contributed by atoms with Crippen LogP contribution in [0.4, 0.5) is 5.69 Å². The lowest BCUT2D eigenvalue weighted by Crippen LogP contribution is -2.37. The number of nitrogens with two attached hydrogens (primary N) is 1. The van der Waals surface area contributed by atoms with Crippen LogP contribution >= 0.6 is 15.9 Å². The maximum absolute atomic E-state index is 12.8. The van der Waals surface area contributed by atoms with E-state index in [-0.39, 0.29) is 16.7 Å². The molecule has 1 aromatic rings. The zero-order valence-electron chi connectivity index (χ0n) is 12.4. The Kier molecular flexibility index (Phi) is 6.04. The third-order valence-electron chi connectivity index (χ3n) is 2.71. The molecule has 20 heavy (non-hydrogen) atoms. The Balaban J connectivity index is 3.21. The van der Waals surface area contributed by atoms with Gasteiger partial charge < -0.3 is 5.73 Å². The van der Waals surface area contributed by atoms with Crippen LogP contribution in [-0.2, 0) is 10.0 Å². The van der Waals surface area contributed by atoms with E-state index in [0.29, 0.717) is 23.2 Å². The number of nitrogen functional groups attached to an aromatic ring is 1. The normalized spacial score (nSPS) is 12.6. The van der Waals surface area contributed by atoms with Gasteiger partial charge in [-0.1, -0.05) is 27.7 Å². The Hall–Kier alpha value is -0.590. The van der Waals surface area contributed by atoms with Crippen molar-refractivity contribution in [1.82, 2.24) is 4.31 Å². The van der Waals surface area contributed by atoms with E-state index in [1.807, 2.05) is 27.7 Å². The summed E-state index contributed by atoms with van der Waals surface area (Å²) in [5, 5.41) is 0. The van der Waals surface area contributed by atoms with E-state index < -0.39 is 10.0 Å². The third-order valence-corrected chi connectivity index (χ3v) is 5.52. The molecule has 0 aliphatic carbocycles. The van der Waals surface area contributed by atoms with Crippen molar-refractivity contribution < 1.29 is 8.42 Å². The standard InChI is InChI=1S/C14H23BrN2O2S/c1-10(2)8-17(9-11(3)4)20(18,19)14-6-5-12(16)7-13(14)15/h5-7,10-11H,8-9,16H2,1-4H3. The zero-order valence-corrected chi connectivity index (χ0v) is 14.8. The summed E-state index contributed by atoms with van der Waals surface area (Å²) in [7, 11) is -3.51. The molecule has 0 unspecified atom stereocenters. The van der Waals surface area contributed by atoms with Crippen molar-refractivity contribution in [3.05, 3.63) is 22.7 Å². The second kappa shape index (κ2) is 6.91. The zero-order chi connectivity index (χ0) is 15.5. The number of nitrogens with zero attached hydrogens (tertiary/aromatic N) is 1. The van der Waals surface area contributed by atoms with Gasteiger partial charge in [0.25, 0.3) is 0 Å². The molecular weight excluding hydrogens is 340 g/mol. The van der Waals surface area contributed by atoms with Gasteiger partial charge in [-0.2, -0.15) is 4.31 Å². The number of sulfonamides is 1. The van der Waals surface area contributed by atoms with Crippen LogP contribution < -0.4 is 5.73 Å². The second-order valence-corrected chi connectivity index (χ2v) is 8.56. The van der Waals surface area contributed by atoms with Gasteiger partial charge in [0.1, 0.15) is 0 Å². The fourth-order valence-corrected chi connectivity index (χ4v) is 4.77. The minimum atomic E-state index is -3.51. The van der Waals surface area contributed by atoms with Crippen LogP contribution in [0.2, 0.25) is 0 Å². The molecule has 114 valence electrons. The molecule has 0 atom stereocenters. The SMILES string of the molecule is CC(C)CN(CC(C)C)S(=O)(=O)c1ccc(N)cc1Br. The van der Waals surface area contributed by atoms with E-state index in [9.17, 15) is 8.42 Å². The Morgan fingerprint density at radius 1 is 1.15 bits per heavy atom. The predicted molar refractivity (Wildman–Crippen MR) is 87.0 cm³/mol. The summed E-state index contributed by atoms with van der Waals surface area (Å²) >= 11 is 3.30. The molecule has 4 nitrogen and oxygen atoms in total. The summed E-state index contributed by atoms with van der Waals surface area (Å²) in [6.45, 7) is 9.08. The lowest BCUT2D eigenvalue weighted by Gasteiger charge is -2.26. The molecule has 0 spiro atoms. The van der Waals surface area contributed by atoms with Gasteiger partial charge in [-0.3, -0.25) is 0 Å². The third kappa shape index (κ3) is 4.46. The van der Waals surface area contributed by atoms with E-state index in [0.717, 1.165) is 0 Å². The van der Waals surface area contributed by atoms with Gasteiger partial charge in [0.15, 0.2) is 0 Å². The van der Waals surface area contributed by atoms with Gasteiger partial charge in [0.05, 0.1) is 4.90 Å². The highest BCUT2D eigenvalue weighted by molar-refractivity contribution is 9.10. The summed E-state index contributed by atoms with van der Waals surface area (Å²) in [5.74, 6) is 0.548. The van der Waals surface area contributed by atoms with Crippen LogP contribution in [-0.4, -0.2) is 25.8 Å². The van der Waals surface area contributed by atoms with Crippen LogP contribution in [0, 0.1) is 11.8 Å². The molecule has 0 heterocycles. The Morgan fingerprint density at radius 2 is 1.65 bits per heavy atom. The van der Waals surface area contributed by atoms with Crippen molar-refractivity contribution in [1.29, 1.82) is 0 Å². The maximum Gasteiger partial charge on any atom is 0.244 e. The van der Waals surface area contributed by atoms with Crippen LogP contribution in [0.15, 0.2) is 27.6 Å². The summed E-state index contributed by atoms with van der Waals surface area (Å²) in [4.78, 5) is 0.271. The van der Waals surface area contributed by atoms with Crippen LogP contribution in [0.5, 0.6) is 0 Å². The highest BCUT2D eigenvalue weighted by Gasteiger charge is 2.27. The van der Waals surface area contributed by atoms with Crippen molar-refractivity contribution in [2.75, 3.05) is 18.8 Å². The van der Waals surface area contributed by atoms with Crippen LogP contribution in [0.25, 0.3) is 0 Å². The van der Waals surface area contributed by atoms with Crippen molar-refractivity contribution in [3.63, 3.8) is 0 Å². The van der Waals surface area contributed by atoms with E-state index in [2.05, 4.69) is 15.9 Å². The Bertz CT molecular complexity index is 546. The molecule has 2 N–H and O–H groups in total. The number of benzene rings is 1. The van der Waals surface area contributed by atoms with Gasteiger partial charge >= 0.3 is 0 Å². The molecule has 0 amide bonds. The minimum absolute atomic E-state index is 0.271. The summed E-state index contributed by atoms with van der Waals surface area (Å²) < 4.78 is 27.6. The largest absolute Gasteiger partial charge is 0.399 e. The maximum atomic E-state index is 12.8. The van der Waals surface area contributed by atoms with Crippen LogP contribution in [0.3, 0.4) is 0 Å². The number of anilines is 1. The molecule has 6 heteroatoms. The highest BCUT2D eigenvalue weighted by Crippen LogP contribution is 2.28. The first-order chi connectivity index (χ1) is 9.14. The van der Waals surface area contributed by atoms with Gasteiger partial charge in [-0.15, -0.1) is 0 Å². The molecule has 0 saturated heterocycles. The topological polar surface area (TPSA) is 63.4 Å². The van der Waals surface area contributed by atoms with E-state index in [1.165, 1.54) is 0 Å². The summed E-state index contributed by atoms with van der Waals surface area (Å²) in [5.41, 5.74) is 6.21. The minimum Gasteiger partial charge on any atom is -0.399 e. The molecule has 0 fully saturated rings. The van der Waals surface area contributed by atoms with Gasteiger partial charge in [0.2, 0.25) is 10.0 Å². The number of hydrogen-bond donors (Lipinski definition) is 1. The first kappa shape index (κ1) is 17.5. The van der Waals surface area contributed by atoms with Crippen LogP contribution in [0.1, 0.15) is 27.7 Å². The quantitative estimate of drug-likeness (QED) is 0.789. The Morgan fingerprint density at radius 3 is 2.05 bits per heavy atom. The molecule has 0 bridgehead atoms. The van der Waals surface area contributed by atoms with Crippen molar-refractivity contribution in [2.24, 2.45) is 11.8 Å². The molecule has 0 aromatic heterocycles. The fraction of sp³-hybridized carbons (Fsp3) is 0.571. The lowest BCUT2D eigenvalue weighted by atomic mass is 10.2. The summed E-state index contributed by atoms with van der Waals surface area (Å²) in [6.07, 6.45) is 0. The molecular formula is C14H23BrN2O2S. The number of hydrogen-bond acceptors (Lipinski definition) is 3. The van der Waals surface area contributed by atoms with Crippen molar-refractivity contribution in [3.8, 4) is 0 Å². The Labute approximate surface area is 130 Å². The van der Waals surface area contributed by atoms with Crippen molar-refractivity contribution in [2.45, 2.75) is 32.6 Å². The number of halogens is 1. The second-order valence-electron chi connectivity index (χ2n) is 5.80. The lowest BCUT2D eigenvalue weighted by molar-refractivity contribution is 0.333. The predicted octanol–water partition coefficient (Wildman–Crippen LogP) is 3.33. The monoisotopic (exact) mass is 362 g/mol. The molecule has 0 radical (unpaired) electrons. The van der Waals surface area contributed by atoms with Crippen molar-refractivity contribution >= 4 is 31.6 Å². The van der Waals surface area contributed by atoms with E-state index >= 15 is 0 Å². The summed E-state index contributed by atoms with van der Waals surface area (Å²) in [6, 6.07) is 4.79. The first-order valence-corrected chi connectivity index (χ1v) is 8.93. The van der Waals surface area contributed by atoms with Gasteiger partial charge in [-0.05, 0) is 46.0 Å². The average Bonchev–Trinajstić information content (AvgIpc) is 2.26. The molecule has 0 aliphatic rings. The molecule has 1 rings (SSSR count). The number of rotatable bonds is 6. The van der Waals surface area contributed by atoms with E-state index in [1.54, 1.807) is 22.5 Å². The highest BCUT2D eigenvalue weighted by atomic mass is 79.9. The van der Waals surface area contributed by atoms with Gasteiger partial charge in [-0.25, -0.2) is 8.42 Å².